The molecule has 0 bridgehead atoms. The average Bonchev–Trinajstić information content (AvgIpc) is 2.95. The second-order valence-electron chi connectivity index (χ2n) is 5.47. The Labute approximate surface area is 154 Å². The fourth-order valence-electron chi connectivity index (χ4n) is 2.28. The van der Waals surface area contributed by atoms with Gasteiger partial charge in [-0.3, -0.25) is 4.72 Å². The molecule has 1 aromatic carbocycles. The first-order valence-electron chi connectivity index (χ1n) is 7.29. The number of rotatable bonds is 5. The number of nitrogens with zero attached hydrogens (tertiary/aromatic N) is 2. The van der Waals surface area contributed by atoms with Crippen molar-refractivity contribution in [1.29, 1.82) is 0 Å². The zero-order valence-electron chi connectivity index (χ0n) is 13.4. The van der Waals surface area contributed by atoms with Crippen molar-refractivity contribution in [3.63, 3.8) is 0 Å². The van der Waals surface area contributed by atoms with Gasteiger partial charge in [0, 0.05) is 5.69 Å². The molecule has 25 heavy (non-hydrogen) atoms. The van der Waals surface area contributed by atoms with E-state index in [1.807, 2.05) is 26.0 Å². The van der Waals surface area contributed by atoms with E-state index in [0.29, 0.717) is 10.2 Å². The molecule has 9 heteroatoms. The molecule has 0 saturated heterocycles. The van der Waals surface area contributed by atoms with Crippen molar-refractivity contribution >= 4 is 50.3 Å². The van der Waals surface area contributed by atoms with Crippen LogP contribution < -0.4 is 10.0 Å². The van der Waals surface area contributed by atoms with Crippen LogP contribution >= 0.6 is 22.9 Å². The Kier molecular flexibility index (Phi) is 4.94. The van der Waals surface area contributed by atoms with E-state index in [2.05, 4.69) is 26.3 Å². The first-order valence-corrected chi connectivity index (χ1v) is 9.97. The maximum Gasteiger partial charge on any atom is 0.272 e. The molecule has 6 nitrogen and oxygen atoms in total. The summed E-state index contributed by atoms with van der Waals surface area (Å²) in [5.74, 6) is 0.655. The topological polar surface area (TPSA) is 84.0 Å². The fraction of sp³-hybridized carbons (Fsp3) is 0.125. The number of thiophene rings is 1. The summed E-state index contributed by atoms with van der Waals surface area (Å²) in [6.45, 7) is 4.02. The molecule has 3 aromatic rings. The molecule has 3 rings (SSSR count). The van der Waals surface area contributed by atoms with E-state index in [4.69, 9.17) is 11.6 Å². The molecular weight excluding hydrogens is 380 g/mol. The van der Waals surface area contributed by atoms with Crippen LogP contribution in [0.25, 0.3) is 0 Å². The molecular formula is C16H15ClN4O2S2. The van der Waals surface area contributed by atoms with Gasteiger partial charge in [-0.2, -0.15) is 0 Å². The van der Waals surface area contributed by atoms with Gasteiger partial charge in [-0.15, -0.1) is 21.5 Å². The predicted octanol–water partition coefficient (Wildman–Crippen LogP) is 4.35. The minimum absolute atomic E-state index is 0.122. The van der Waals surface area contributed by atoms with Gasteiger partial charge in [0.25, 0.3) is 10.0 Å². The third kappa shape index (κ3) is 4.47. The molecule has 2 aromatic heterocycles. The highest BCUT2D eigenvalue weighted by Crippen LogP contribution is 2.27. The van der Waals surface area contributed by atoms with Gasteiger partial charge in [-0.1, -0.05) is 17.7 Å². The Bertz CT molecular complexity index is 981. The molecule has 0 aliphatic rings. The van der Waals surface area contributed by atoms with Crippen LogP contribution in [0.1, 0.15) is 11.1 Å². The molecule has 0 unspecified atom stereocenters. The van der Waals surface area contributed by atoms with Crippen LogP contribution in [0.5, 0.6) is 0 Å². The lowest BCUT2D eigenvalue weighted by Gasteiger charge is -2.08. The Morgan fingerprint density at radius 1 is 0.960 bits per heavy atom. The Morgan fingerprint density at radius 2 is 1.60 bits per heavy atom. The summed E-state index contributed by atoms with van der Waals surface area (Å²) in [5, 5.41) is 11.1. The van der Waals surface area contributed by atoms with Gasteiger partial charge in [0.2, 0.25) is 0 Å². The number of hydrogen-bond donors (Lipinski definition) is 2. The minimum Gasteiger partial charge on any atom is -0.339 e. The number of anilines is 3. The predicted molar refractivity (Wildman–Crippen MR) is 101 cm³/mol. The Morgan fingerprint density at radius 3 is 2.16 bits per heavy atom. The fourth-order valence-corrected chi connectivity index (χ4v) is 4.76. The van der Waals surface area contributed by atoms with Crippen molar-refractivity contribution < 1.29 is 8.42 Å². The lowest BCUT2D eigenvalue weighted by atomic mass is 10.1. The standard InChI is InChI=1S/C16H15ClN4O2S2/c1-10-7-11(2)9-12(8-10)18-14-4-5-15(20-19-14)21-25(22,23)16-6-3-13(17)24-16/h3-9H,1-2H3,(H,18,19)(H,20,21). The van der Waals surface area contributed by atoms with Crippen LogP contribution in [0.2, 0.25) is 4.34 Å². The summed E-state index contributed by atoms with van der Waals surface area (Å²) in [6, 6.07) is 12.2. The number of nitrogens with one attached hydrogen (secondary N) is 2. The quantitative estimate of drug-likeness (QED) is 0.671. The Balaban J connectivity index is 1.74. The summed E-state index contributed by atoms with van der Waals surface area (Å²) in [5.41, 5.74) is 3.16. The number of sulfonamides is 1. The molecule has 0 radical (unpaired) electrons. The summed E-state index contributed by atoms with van der Waals surface area (Å²) in [4.78, 5) is 0. The number of hydrogen-bond acceptors (Lipinski definition) is 6. The highest BCUT2D eigenvalue weighted by Gasteiger charge is 2.17. The van der Waals surface area contributed by atoms with Gasteiger partial charge >= 0.3 is 0 Å². The largest absolute Gasteiger partial charge is 0.339 e. The van der Waals surface area contributed by atoms with Crippen LogP contribution in [0.15, 0.2) is 46.7 Å². The van der Waals surface area contributed by atoms with E-state index < -0.39 is 10.0 Å². The molecule has 0 aliphatic carbocycles. The molecule has 0 spiro atoms. The summed E-state index contributed by atoms with van der Waals surface area (Å²) >= 11 is 6.76. The number of halogens is 1. The normalized spacial score (nSPS) is 11.3. The Hall–Kier alpha value is -2.16. The highest BCUT2D eigenvalue weighted by atomic mass is 35.5. The SMILES string of the molecule is Cc1cc(C)cc(Nc2ccc(NS(=O)(=O)c3ccc(Cl)s3)nn2)c1. The van der Waals surface area contributed by atoms with E-state index in [0.717, 1.165) is 28.2 Å². The van der Waals surface area contributed by atoms with Crippen molar-refractivity contribution in [3.05, 3.63) is 57.9 Å². The number of aryl methyl sites for hydroxylation is 2. The number of aromatic nitrogens is 2. The molecule has 0 aliphatic heterocycles. The van der Waals surface area contributed by atoms with Crippen LogP contribution in [-0.2, 0) is 10.0 Å². The monoisotopic (exact) mass is 394 g/mol. The lowest BCUT2D eigenvalue weighted by molar-refractivity contribution is 0.603. The van der Waals surface area contributed by atoms with Gasteiger partial charge in [-0.25, -0.2) is 8.42 Å². The minimum atomic E-state index is -3.71. The molecule has 2 N–H and O–H groups in total. The van der Waals surface area contributed by atoms with Crippen molar-refractivity contribution in [1.82, 2.24) is 10.2 Å². The van der Waals surface area contributed by atoms with Gasteiger partial charge in [0.15, 0.2) is 11.6 Å². The molecule has 0 atom stereocenters. The first-order chi connectivity index (χ1) is 11.8. The van der Waals surface area contributed by atoms with Gasteiger partial charge in [0.1, 0.15) is 4.21 Å². The molecule has 0 saturated carbocycles. The lowest BCUT2D eigenvalue weighted by Crippen LogP contribution is -2.13. The second kappa shape index (κ2) is 6.99. The average molecular weight is 395 g/mol. The summed E-state index contributed by atoms with van der Waals surface area (Å²) in [7, 11) is -3.71. The molecule has 0 amide bonds. The first kappa shape index (κ1) is 17.7. The van der Waals surface area contributed by atoms with E-state index in [9.17, 15) is 8.42 Å². The molecule has 2 heterocycles. The number of benzene rings is 1. The summed E-state index contributed by atoms with van der Waals surface area (Å²) < 4.78 is 27.4. The van der Waals surface area contributed by atoms with Crippen molar-refractivity contribution in [2.24, 2.45) is 0 Å². The third-order valence-corrected chi connectivity index (χ3v) is 6.29. The van der Waals surface area contributed by atoms with Gasteiger partial charge in [-0.05, 0) is 61.4 Å². The van der Waals surface area contributed by atoms with Gasteiger partial charge < -0.3 is 5.32 Å². The van der Waals surface area contributed by atoms with E-state index in [1.165, 1.54) is 12.1 Å². The third-order valence-electron chi connectivity index (χ3n) is 3.21. The maximum absolute atomic E-state index is 12.2. The van der Waals surface area contributed by atoms with Crippen molar-refractivity contribution in [2.75, 3.05) is 10.0 Å². The van der Waals surface area contributed by atoms with Crippen LogP contribution in [0.4, 0.5) is 17.3 Å². The van der Waals surface area contributed by atoms with Crippen LogP contribution in [0.3, 0.4) is 0 Å². The maximum atomic E-state index is 12.2. The van der Waals surface area contributed by atoms with Crippen LogP contribution in [0, 0.1) is 13.8 Å². The highest BCUT2D eigenvalue weighted by molar-refractivity contribution is 7.94. The molecule has 0 fully saturated rings. The van der Waals surface area contributed by atoms with E-state index in [-0.39, 0.29) is 10.0 Å². The van der Waals surface area contributed by atoms with Gasteiger partial charge in [0.05, 0.1) is 4.34 Å². The van der Waals surface area contributed by atoms with Crippen molar-refractivity contribution in [2.45, 2.75) is 18.1 Å². The zero-order chi connectivity index (χ0) is 18.0. The summed E-state index contributed by atoms with van der Waals surface area (Å²) in [6.07, 6.45) is 0. The second-order valence-corrected chi connectivity index (χ2v) is 9.09. The van der Waals surface area contributed by atoms with Crippen LogP contribution in [-0.4, -0.2) is 18.6 Å². The van der Waals surface area contributed by atoms with E-state index in [1.54, 1.807) is 12.1 Å². The smallest absolute Gasteiger partial charge is 0.272 e. The van der Waals surface area contributed by atoms with E-state index >= 15 is 0 Å². The van der Waals surface area contributed by atoms with Crippen molar-refractivity contribution in [3.8, 4) is 0 Å². The zero-order valence-corrected chi connectivity index (χ0v) is 15.8. The molecule has 130 valence electrons.